The van der Waals surface area contributed by atoms with Gasteiger partial charge in [-0.15, -0.1) is 0 Å². The van der Waals surface area contributed by atoms with E-state index in [1.807, 2.05) is 19.9 Å². The second-order valence-corrected chi connectivity index (χ2v) is 8.77. The molecule has 0 aromatic heterocycles. The lowest BCUT2D eigenvalue weighted by Crippen LogP contribution is -2.30. The molecule has 0 aliphatic heterocycles. The van der Waals surface area contributed by atoms with Gasteiger partial charge >= 0.3 is 5.97 Å². The van der Waals surface area contributed by atoms with Crippen LogP contribution in [0.1, 0.15) is 52.6 Å². The van der Waals surface area contributed by atoms with Crippen LogP contribution in [-0.2, 0) is 14.8 Å². The number of ether oxygens (including phenoxy) is 1. The zero-order chi connectivity index (χ0) is 21.8. The summed E-state index contributed by atoms with van der Waals surface area (Å²) in [6.45, 7) is 9.52. The third kappa shape index (κ3) is 5.10. The van der Waals surface area contributed by atoms with Gasteiger partial charge in [-0.25, -0.2) is 13.2 Å². The summed E-state index contributed by atoms with van der Waals surface area (Å²) < 4.78 is 31.9. The van der Waals surface area contributed by atoms with Crippen LogP contribution in [0.2, 0.25) is 0 Å². The first kappa shape index (κ1) is 22.8. The standard InChI is InChI=1S/C22H27NO5S/c1-6-23(7-2)29(26,27)20-10-8-9-19(14-20)22(25)28-17(5)21(24)18-12-11-15(3)16(4)13-18/h8-14,17H,6-7H2,1-5H3/t17-/m1/s1. The van der Waals surface area contributed by atoms with Gasteiger partial charge in [0.15, 0.2) is 6.10 Å². The Morgan fingerprint density at radius 2 is 1.62 bits per heavy atom. The molecule has 0 amide bonds. The van der Waals surface area contributed by atoms with Crippen LogP contribution in [0.25, 0.3) is 0 Å². The summed E-state index contributed by atoms with van der Waals surface area (Å²) in [5.74, 6) is -1.06. The average molecular weight is 418 g/mol. The van der Waals surface area contributed by atoms with E-state index in [-0.39, 0.29) is 16.2 Å². The lowest BCUT2D eigenvalue weighted by Gasteiger charge is -2.19. The van der Waals surface area contributed by atoms with Gasteiger partial charge in [-0.2, -0.15) is 4.31 Å². The number of carbonyl (C=O) groups excluding carboxylic acids is 2. The molecule has 156 valence electrons. The second kappa shape index (κ2) is 9.33. The first-order valence-corrected chi connectivity index (χ1v) is 11.0. The summed E-state index contributed by atoms with van der Waals surface area (Å²) in [5, 5.41) is 0. The molecule has 0 N–H and O–H groups in total. The number of aryl methyl sites for hydroxylation is 2. The number of hydrogen-bond donors (Lipinski definition) is 0. The van der Waals surface area contributed by atoms with Crippen LogP contribution in [0.15, 0.2) is 47.4 Å². The molecular weight excluding hydrogens is 390 g/mol. The van der Waals surface area contributed by atoms with Gasteiger partial charge in [0.1, 0.15) is 0 Å². The van der Waals surface area contributed by atoms with Crippen molar-refractivity contribution in [2.75, 3.05) is 13.1 Å². The normalized spacial score (nSPS) is 12.6. The molecule has 0 bridgehead atoms. The van der Waals surface area contributed by atoms with E-state index < -0.39 is 22.1 Å². The molecular formula is C22H27NO5S. The maximum absolute atomic E-state index is 12.7. The van der Waals surface area contributed by atoms with Crippen molar-refractivity contribution in [3.05, 3.63) is 64.7 Å². The predicted octanol–water partition coefficient (Wildman–Crippen LogP) is 3.76. The van der Waals surface area contributed by atoms with Crippen molar-refractivity contribution in [1.82, 2.24) is 4.31 Å². The summed E-state index contributed by atoms with van der Waals surface area (Å²) in [6, 6.07) is 11.0. The smallest absolute Gasteiger partial charge is 0.338 e. The Hall–Kier alpha value is -2.51. The highest BCUT2D eigenvalue weighted by Crippen LogP contribution is 2.19. The SMILES string of the molecule is CCN(CC)S(=O)(=O)c1cccc(C(=O)O[C@H](C)C(=O)c2ccc(C)c(C)c2)c1. The number of Topliss-reactive ketones (excluding diaryl/α,β-unsaturated/α-hetero) is 1. The number of ketones is 1. The van der Waals surface area contributed by atoms with Gasteiger partial charge in [0.05, 0.1) is 10.5 Å². The molecule has 0 heterocycles. The second-order valence-electron chi connectivity index (χ2n) is 6.83. The molecule has 2 aromatic rings. The number of sulfonamides is 1. The highest BCUT2D eigenvalue weighted by atomic mass is 32.2. The summed E-state index contributed by atoms with van der Waals surface area (Å²) in [7, 11) is -3.70. The van der Waals surface area contributed by atoms with Crippen molar-refractivity contribution in [2.45, 2.75) is 45.6 Å². The fourth-order valence-corrected chi connectivity index (χ4v) is 4.41. The summed E-state index contributed by atoms with van der Waals surface area (Å²) in [4.78, 5) is 25.1. The molecule has 0 spiro atoms. The highest BCUT2D eigenvalue weighted by Gasteiger charge is 2.24. The lowest BCUT2D eigenvalue weighted by atomic mass is 10.0. The minimum Gasteiger partial charge on any atom is -0.451 e. The zero-order valence-corrected chi connectivity index (χ0v) is 18.2. The van der Waals surface area contributed by atoms with Gasteiger partial charge in [0.25, 0.3) is 0 Å². The maximum Gasteiger partial charge on any atom is 0.338 e. The van der Waals surface area contributed by atoms with Crippen LogP contribution in [-0.4, -0.2) is 43.7 Å². The molecule has 0 unspecified atom stereocenters. The monoisotopic (exact) mass is 417 g/mol. The Bertz CT molecular complexity index is 1010. The van der Waals surface area contributed by atoms with Crippen molar-refractivity contribution in [3.63, 3.8) is 0 Å². The third-order valence-corrected chi connectivity index (χ3v) is 6.90. The van der Waals surface area contributed by atoms with E-state index in [1.54, 1.807) is 26.0 Å². The minimum absolute atomic E-state index is 0.0174. The van der Waals surface area contributed by atoms with Gasteiger partial charge < -0.3 is 4.74 Å². The van der Waals surface area contributed by atoms with E-state index in [0.29, 0.717) is 18.7 Å². The Morgan fingerprint density at radius 3 is 2.21 bits per heavy atom. The van der Waals surface area contributed by atoms with Gasteiger partial charge in [0.2, 0.25) is 15.8 Å². The fraction of sp³-hybridized carbons (Fsp3) is 0.364. The Morgan fingerprint density at radius 1 is 0.966 bits per heavy atom. The molecule has 7 heteroatoms. The van der Waals surface area contributed by atoms with E-state index in [2.05, 4.69) is 0 Å². The van der Waals surface area contributed by atoms with E-state index in [0.717, 1.165) is 11.1 Å². The number of rotatable bonds is 8. The molecule has 0 radical (unpaired) electrons. The first-order valence-electron chi connectivity index (χ1n) is 9.54. The molecule has 2 rings (SSSR count). The van der Waals surface area contributed by atoms with Gasteiger partial charge in [-0.1, -0.05) is 32.0 Å². The number of benzene rings is 2. The van der Waals surface area contributed by atoms with Crippen LogP contribution in [0.5, 0.6) is 0 Å². The molecule has 0 aliphatic carbocycles. The van der Waals surface area contributed by atoms with Gasteiger partial charge in [0, 0.05) is 18.7 Å². The van der Waals surface area contributed by atoms with Gasteiger partial charge in [-0.05, 0) is 56.2 Å². The minimum atomic E-state index is -3.70. The van der Waals surface area contributed by atoms with Crippen LogP contribution in [0.3, 0.4) is 0 Å². The molecule has 1 atom stereocenters. The van der Waals surface area contributed by atoms with E-state index >= 15 is 0 Å². The summed E-state index contributed by atoms with van der Waals surface area (Å²) >= 11 is 0. The van der Waals surface area contributed by atoms with Crippen LogP contribution < -0.4 is 0 Å². The van der Waals surface area contributed by atoms with Crippen molar-refractivity contribution < 1.29 is 22.7 Å². The van der Waals surface area contributed by atoms with Crippen molar-refractivity contribution in [3.8, 4) is 0 Å². The van der Waals surface area contributed by atoms with E-state index in [9.17, 15) is 18.0 Å². The molecule has 0 aliphatic rings. The van der Waals surface area contributed by atoms with Crippen LogP contribution >= 0.6 is 0 Å². The molecule has 0 saturated carbocycles. The molecule has 2 aromatic carbocycles. The zero-order valence-electron chi connectivity index (χ0n) is 17.4. The number of nitrogens with zero attached hydrogens (tertiary/aromatic N) is 1. The van der Waals surface area contributed by atoms with Crippen molar-refractivity contribution in [2.24, 2.45) is 0 Å². The highest BCUT2D eigenvalue weighted by molar-refractivity contribution is 7.89. The van der Waals surface area contributed by atoms with E-state index in [4.69, 9.17) is 4.74 Å². The Kier molecular flexibility index (Phi) is 7.32. The number of esters is 1. The molecule has 29 heavy (non-hydrogen) atoms. The first-order chi connectivity index (χ1) is 13.6. The number of hydrogen-bond acceptors (Lipinski definition) is 5. The summed E-state index contributed by atoms with van der Waals surface area (Å²) in [5.41, 5.74) is 2.59. The number of carbonyl (C=O) groups is 2. The molecule has 6 nitrogen and oxygen atoms in total. The topological polar surface area (TPSA) is 80.8 Å². The molecule has 0 saturated heterocycles. The lowest BCUT2D eigenvalue weighted by molar-refractivity contribution is 0.0318. The van der Waals surface area contributed by atoms with Crippen molar-refractivity contribution in [1.29, 1.82) is 0 Å². The Balaban J connectivity index is 2.20. The molecule has 0 fully saturated rings. The Labute approximate surface area is 172 Å². The third-order valence-electron chi connectivity index (χ3n) is 4.86. The van der Waals surface area contributed by atoms with Crippen LogP contribution in [0.4, 0.5) is 0 Å². The van der Waals surface area contributed by atoms with Gasteiger partial charge in [-0.3, -0.25) is 4.79 Å². The summed E-state index contributed by atoms with van der Waals surface area (Å²) in [6.07, 6.45) is -0.993. The van der Waals surface area contributed by atoms with E-state index in [1.165, 1.54) is 35.5 Å². The largest absolute Gasteiger partial charge is 0.451 e. The van der Waals surface area contributed by atoms with Crippen LogP contribution in [0, 0.1) is 13.8 Å². The quantitative estimate of drug-likeness (QED) is 0.483. The fourth-order valence-electron chi connectivity index (χ4n) is 2.91. The average Bonchev–Trinajstić information content (AvgIpc) is 2.70. The van der Waals surface area contributed by atoms with Crippen molar-refractivity contribution >= 4 is 21.8 Å². The predicted molar refractivity (Wildman–Crippen MR) is 112 cm³/mol. The maximum atomic E-state index is 12.7.